The maximum atomic E-state index is 12.4. The molecule has 0 saturated carbocycles. The SMILES string of the molecule is CCNC(=NCc1nnc2ccccn12)NCCC(=O)N1CCCCC1C. The number of pyridine rings is 1. The summed E-state index contributed by atoms with van der Waals surface area (Å²) < 4.78 is 1.92. The Hall–Kier alpha value is -2.64. The molecular formula is C19H29N7O. The van der Waals surface area contributed by atoms with Crippen LogP contribution in [0.4, 0.5) is 0 Å². The van der Waals surface area contributed by atoms with Crippen LogP contribution >= 0.6 is 0 Å². The highest BCUT2D eigenvalue weighted by atomic mass is 16.2. The lowest BCUT2D eigenvalue weighted by atomic mass is 10.0. The van der Waals surface area contributed by atoms with E-state index in [4.69, 9.17) is 0 Å². The van der Waals surface area contributed by atoms with Crippen molar-refractivity contribution in [3.63, 3.8) is 0 Å². The number of aromatic nitrogens is 3. The van der Waals surface area contributed by atoms with E-state index in [0.29, 0.717) is 31.5 Å². The first-order chi connectivity index (χ1) is 13.2. The van der Waals surface area contributed by atoms with Crippen LogP contribution in [0.25, 0.3) is 5.65 Å². The Kier molecular flexibility index (Phi) is 6.62. The number of piperidine rings is 1. The maximum Gasteiger partial charge on any atom is 0.224 e. The number of rotatable bonds is 6. The lowest BCUT2D eigenvalue weighted by Gasteiger charge is -2.33. The molecule has 8 heteroatoms. The average Bonchev–Trinajstić information content (AvgIpc) is 3.09. The van der Waals surface area contributed by atoms with Crippen molar-refractivity contribution in [1.82, 2.24) is 30.1 Å². The van der Waals surface area contributed by atoms with Crippen LogP contribution in [-0.4, -0.2) is 57.0 Å². The van der Waals surface area contributed by atoms with Gasteiger partial charge in [0.05, 0.1) is 0 Å². The minimum Gasteiger partial charge on any atom is -0.357 e. The Labute approximate surface area is 160 Å². The van der Waals surface area contributed by atoms with E-state index in [-0.39, 0.29) is 5.91 Å². The number of nitrogens with one attached hydrogen (secondary N) is 2. The quantitative estimate of drug-likeness (QED) is 0.595. The van der Waals surface area contributed by atoms with Gasteiger partial charge in [0.1, 0.15) is 6.54 Å². The zero-order chi connectivity index (χ0) is 19.1. The molecule has 0 aromatic carbocycles. The first kappa shape index (κ1) is 19.1. The summed E-state index contributed by atoms with van der Waals surface area (Å²) in [6.07, 6.45) is 5.84. The molecule has 1 saturated heterocycles. The second-order valence-electron chi connectivity index (χ2n) is 6.85. The van der Waals surface area contributed by atoms with Crippen molar-refractivity contribution in [3.8, 4) is 0 Å². The van der Waals surface area contributed by atoms with E-state index in [1.54, 1.807) is 0 Å². The summed E-state index contributed by atoms with van der Waals surface area (Å²) in [7, 11) is 0. The molecule has 3 rings (SSSR count). The monoisotopic (exact) mass is 371 g/mol. The van der Waals surface area contributed by atoms with Gasteiger partial charge in [-0.3, -0.25) is 9.20 Å². The number of guanidine groups is 1. The fourth-order valence-electron chi connectivity index (χ4n) is 3.39. The zero-order valence-electron chi connectivity index (χ0n) is 16.2. The van der Waals surface area contributed by atoms with E-state index in [1.807, 2.05) is 40.6 Å². The number of aliphatic imine (C=N–C) groups is 1. The molecule has 1 fully saturated rings. The topological polar surface area (TPSA) is 86.9 Å². The van der Waals surface area contributed by atoms with Crippen LogP contribution in [0.2, 0.25) is 0 Å². The second kappa shape index (κ2) is 9.34. The number of carbonyl (C=O) groups excluding carboxylic acids is 1. The Morgan fingerprint density at radius 2 is 2.19 bits per heavy atom. The molecule has 2 aromatic rings. The minimum absolute atomic E-state index is 0.217. The van der Waals surface area contributed by atoms with Crippen LogP contribution in [0.5, 0.6) is 0 Å². The van der Waals surface area contributed by atoms with Crippen molar-refractivity contribution in [1.29, 1.82) is 0 Å². The number of fused-ring (bicyclic) bond motifs is 1. The minimum atomic E-state index is 0.217. The third-order valence-electron chi connectivity index (χ3n) is 4.86. The molecule has 2 N–H and O–H groups in total. The number of hydrogen-bond donors (Lipinski definition) is 2. The summed E-state index contributed by atoms with van der Waals surface area (Å²) in [6.45, 7) is 6.77. The standard InChI is InChI=1S/C19H29N7O/c1-3-20-19(21-11-10-18(27)25-12-6-4-8-15(25)2)22-14-17-24-23-16-9-5-7-13-26(16)17/h5,7,9,13,15H,3-4,6,8,10-12,14H2,1-2H3,(H2,20,21,22). The molecule has 0 bridgehead atoms. The van der Waals surface area contributed by atoms with Gasteiger partial charge in [-0.05, 0) is 45.2 Å². The average molecular weight is 371 g/mol. The summed E-state index contributed by atoms with van der Waals surface area (Å²) in [5.41, 5.74) is 0.807. The zero-order valence-corrected chi connectivity index (χ0v) is 16.2. The van der Waals surface area contributed by atoms with E-state index in [9.17, 15) is 4.79 Å². The predicted octanol–water partition coefficient (Wildman–Crippen LogP) is 1.58. The van der Waals surface area contributed by atoms with Crippen LogP contribution in [0.15, 0.2) is 29.4 Å². The van der Waals surface area contributed by atoms with Gasteiger partial charge in [0.2, 0.25) is 5.91 Å². The van der Waals surface area contributed by atoms with Gasteiger partial charge in [0, 0.05) is 38.3 Å². The number of hydrogen-bond acceptors (Lipinski definition) is 4. The van der Waals surface area contributed by atoms with Crippen LogP contribution < -0.4 is 10.6 Å². The molecule has 1 amide bonds. The maximum absolute atomic E-state index is 12.4. The summed E-state index contributed by atoms with van der Waals surface area (Å²) in [6, 6.07) is 6.15. The van der Waals surface area contributed by atoms with Gasteiger partial charge in [0.25, 0.3) is 0 Å². The van der Waals surface area contributed by atoms with Crippen LogP contribution in [0.1, 0.15) is 45.4 Å². The Bertz CT molecular complexity index is 785. The Morgan fingerprint density at radius 3 is 3.00 bits per heavy atom. The third-order valence-corrected chi connectivity index (χ3v) is 4.86. The highest BCUT2D eigenvalue weighted by molar-refractivity contribution is 5.81. The van der Waals surface area contributed by atoms with Gasteiger partial charge in [0.15, 0.2) is 17.4 Å². The van der Waals surface area contributed by atoms with Crippen molar-refractivity contribution >= 4 is 17.5 Å². The molecule has 1 unspecified atom stereocenters. The number of nitrogens with zero attached hydrogens (tertiary/aromatic N) is 5. The molecule has 27 heavy (non-hydrogen) atoms. The first-order valence-corrected chi connectivity index (χ1v) is 9.79. The van der Waals surface area contributed by atoms with Gasteiger partial charge in [-0.2, -0.15) is 0 Å². The van der Waals surface area contributed by atoms with Crippen molar-refractivity contribution in [2.24, 2.45) is 4.99 Å². The second-order valence-corrected chi connectivity index (χ2v) is 6.85. The molecule has 2 aromatic heterocycles. The number of carbonyl (C=O) groups is 1. The highest BCUT2D eigenvalue weighted by Gasteiger charge is 2.22. The summed E-state index contributed by atoms with van der Waals surface area (Å²) in [5, 5.41) is 14.8. The molecular weight excluding hydrogens is 342 g/mol. The van der Waals surface area contributed by atoms with E-state index < -0.39 is 0 Å². The molecule has 8 nitrogen and oxygen atoms in total. The normalized spacial score (nSPS) is 17.9. The van der Waals surface area contributed by atoms with Crippen LogP contribution in [-0.2, 0) is 11.3 Å². The van der Waals surface area contributed by atoms with Gasteiger partial charge < -0.3 is 15.5 Å². The van der Waals surface area contributed by atoms with E-state index in [0.717, 1.165) is 37.4 Å². The van der Waals surface area contributed by atoms with Crippen molar-refractivity contribution in [2.45, 2.75) is 52.1 Å². The van der Waals surface area contributed by atoms with Crippen molar-refractivity contribution in [2.75, 3.05) is 19.6 Å². The van der Waals surface area contributed by atoms with Gasteiger partial charge in [-0.1, -0.05) is 6.07 Å². The smallest absolute Gasteiger partial charge is 0.224 e. The molecule has 0 spiro atoms. The summed E-state index contributed by atoms with van der Waals surface area (Å²) in [5.74, 6) is 1.68. The van der Waals surface area contributed by atoms with Gasteiger partial charge in [-0.15, -0.1) is 10.2 Å². The summed E-state index contributed by atoms with van der Waals surface area (Å²) in [4.78, 5) is 19.0. The molecule has 1 aliphatic heterocycles. The van der Waals surface area contributed by atoms with E-state index >= 15 is 0 Å². The molecule has 3 heterocycles. The van der Waals surface area contributed by atoms with Crippen LogP contribution in [0.3, 0.4) is 0 Å². The largest absolute Gasteiger partial charge is 0.357 e. The third kappa shape index (κ3) is 4.96. The van der Waals surface area contributed by atoms with Crippen molar-refractivity contribution in [3.05, 3.63) is 30.2 Å². The van der Waals surface area contributed by atoms with Gasteiger partial charge in [-0.25, -0.2) is 4.99 Å². The highest BCUT2D eigenvalue weighted by Crippen LogP contribution is 2.16. The van der Waals surface area contributed by atoms with Gasteiger partial charge >= 0.3 is 0 Å². The molecule has 0 aliphatic carbocycles. The Balaban J connectivity index is 1.54. The summed E-state index contributed by atoms with van der Waals surface area (Å²) >= 11 is 0. The van der Waals surface area contributed by atoms with E-state index in [2.05, 4.69) is 32.7 Å². The molecule has 1 atom stereocenters. The number of amides is 1. The Morgan fingerprint density at radius 1 is 1.30 bits per heavy atom. The fraction of sp³-hybridized carbons (Fsp3) is 0.579. The predicted molar refractivity (Wildman–Crippen MR) is 105 cm³/mol. The van der Waals surface area contributed by atoms with E-state index in [1.165, 1.54) is 6.42 Å². The lowest BCUT2D eigenvalue weighted by Crippen LogP contribution is -2.44. The molecule has 0 radical (unpaired) electrons. The van der Waals surface area contributed by atoms with Crippen molar-refractivity contribution < 1.29 is 4.79 Å². The lowest BCUT2D eigenvalue weighted by molar-refractivity contribution is -0.134. The molecule has 146 valence electrons. The van der Waals surface area contributed by atoms with Crippen LogP contribution in [0, 0.1) is 0 Å². The first-order valence-electron chi connectivity index (χ1n) is 9.79. The fourth-order valence-corrected chi connectivity index (χ4v) is 3.39. The number of likely N-dealkylation sites (tertiary alicyclic amines) is 1. The molecule has 1 aliphatic rings.